The first kappa shape index (κ1) is 22.1. The second-order valence-electron chi connectivity index (χ2n) is 5.69. The maximum Gasteiger partial charge on any atom is 0.305 e. The van der Waals surface area contributed by atoms with Crippen LogP contribution in [0.25, 0.3) is 0 Å². The molecule has 1 atom stereocenters. The van der Waals surface area contributed by atoms with Gasteiger partial charge in [0.2, 0.25) is 6.04 Å². The second kappa shape index (κ2) is 16.0. The molecule has 0 fully saturated rings. The minimum Gasteiger partial charge on any atom is -0.469 e. The Balaban J connectivity index is 3.96. The van der Waals surface area contributed by atoms with Crippen LogP contribution in [0.5, 0.6) is 0 Å². The van der Waals surface area contributed by atoms with Crippen molar-refractivity contribution in [2.24, 2.45) is 0 Å². The number of methoxy groups -OCH3 is 1. The normalized spacial score (nSPS) is 13.1. The molecule has 0 amide bonds. The maximum absolute atomic E-state index is 11.0. The van der Waals surface area contributed by atoms with Crippen LogP contribution >= 0.6 is 0 Å². The molecule has 0 saturated heterocycles. The molecule has 5 heteroatoms. The summed E-state index contributed by atoms with van der Waals surface area (Å²) in [6.07, 6.45) is 19.0. The lowest BCUT2D eigenvalue weighted by Gasteiger charge is -2.00. The molecule has 0 saturated carbocycles. The summed E-state index contributed by atoms with van der Waals surface area (Å²) < 4.78 is 4.57. The number of carbonyl (C=O) groups is 1. The number of allylic oxidation sites excluding steroid dienone is 4. The minimum atomic E-state index is -0.670. The van der Waals surface area contributed by atoms with Gasteiger partial charge >= 0.3 is 5.97 Å². The number of rotatable bonds is 14. The average Bonchev–Trinajstić information content (AvgIpc) is 2.57. The Kier molecular flexibility index (Phi) is 14.7. The summed E-state index contributed by atoms with van der Waals surface area (Å²) in [6.45, 7) is 2.16. The van der Waals surface area contributed by atoms with Crippen molar-refractivity contribution in [2.75, 3.05) is 7.11 Å². The molecule has 0 spiro atoms. The first-order chi connectivity index (χ1) is 11.6. The number of hydrogen-bond donors (Lipinski definition) is 0. The lowest BCUT2D eigenvalue weighted by Crippen LogP contribution is -2.15. The van der Waals surface area contributed by atoms with Crippen LogP contribution in [0.15, 0.2) is 36.5 Å². The van der Waals surface area contributed by atoms with E-state index in [0.717, 1.165) is 32.1 Å². The fourth-order valence-corrected chi connectivity index (χ4v) is 2.10. The van der Waals surface area contributed by atoms with Gasteiger partial charge in [-0.2, -0.15) is 0 Å². The van der Waals surface area contributed by atoms with Crippen LogP contribution in [0.1, 0.15) is 64.7 Å². The van der Waals surface area contributed by atoms with E-state index in [2.05, 4.69) is 11.7 Å². The Bertz CT molecular complexity index is 427. The minimum absolute atomic E-state index is 0.185. The number of unbranched alkanes of at least 4 members (excludes halogenated alkanes) is 5. The summed E-state index contributed by atoms with van der Waals surface area (Å²) in [4.78, 5) is 21.7. The third kappa shape index (κ3) is 13.7. The smallest absolute Gasteiger partial charge is 0.305 e. The molecule has 24 heavy (non-hydrogen) atoms. The molecule has 1 unspecified atom stereocenters. The zero-order valence-electron chi connectivity index (χ0n) is 15.0. The van der Waals surface area contributed by atoms with Crippen LogP contribution in [-0.4, -0.2) is 24.0 Å². The lowest BCUT2D eigenvalue weighted by atomic mass is 10.1. The van der Waals surface area contributed by atoms with E-state index >= 15 is 0 Å². The maximum atomic E-state index is 11.0. The van der Waals surface area contributed by atoms with Gasteiger partial charge in [-0.3, -0.25) is 14.9 Å². The van der Waals surface area contributed by atoms with Crippen molar-refractivity contribution in [1.82, 2.24) is 0 Å². The molecule has 0 aliphatic carbocycles. The predicted octanol–water partition coefficient (Wildman–Crippen LogP) is 5.00. The Morgan fingerprint density at radius 3 is 2.46 bits per heavy atom. The molecule has 0 bridgehead atoms. The van der Waals surface area contributed by atoms with Gasteiger partial charge in [0.15, 0.2) is 0 Å². The zero-order chi connectivity index (χ0) is 18.0. The van der Waals surface area contributed by atoms with Gasteiger partial charge in [0.25, 0.3) is 0 Å². The average molecular weight is 337 g/mol. The van der Waals surface area contributed by atoms with Gasteiger partial charge in [0, 0.05) is 17.8 Å². The Hall–Kier alpha value is -1.91. The summed E-state index contributed by atoms with van der Waals surface area (Å²) in [5.41, 5.74) is 0. The molecule has 0 radical (unpaired) electrons. The third-order valence-corrected chi connectivity index (χ3v) is 3.60. The van der Waals surface area contributed by atoms with Crippen LogP contribution in [-0.2, 0) is 9.53 Å². The molecule has 0 aromatic carbocycles. The predicted molar refractivity (Wildman–Crippen MR) is 97.4 cm³/mol. The molecular weight excluding hydrogens is 306 g/mol. The van der Waals surface area contributed by atoms with Gasteiger partial charge in [-0.25, -0.2) is 0 Å². The van der Waals surface area contributed by atoms with Crippen molar-refractivity contribution in [3.05, 3.63) is 46.6 Å². The Morgan fingerprint density at radius 2 is 1.79 bits per heavy atom. The van der Waals surface area contributed by atoms with Gasteiger partial charge < -0.3 is 4.74 Å². The molecule has 0 aromatic rings. The van der Waals surface area contributed by atoms with E-state index in [0.29, 0.717) is 12.8 Å². The van der Waals surface area contributed by atoms with Gasteiger partial charge in [0.1, 0.15) is 0 Å². The zero-order valence-corrected chi connectivity index (χ0v) is 15.0. The van der Waals surface area contributed by atoms with E-state index in [4.69, 9.17) is 0 Å². The van der Waals surface area contributed by atoms with Crippen LogP contribution in [0, 0.1) is 10.1 Å². The van der Waals surface area contributed by atoms with E-state index in [9.17, 15) is 14.9 Å². The molecule has 0 aliphatic rings. The molecule has 0 N–H and O–H groups in total. The van der Waals surface area contributed by atoms with E-state index in [-0.39, 0.29) is 10.9 Å². The van der Waals surface area contributed by atoms with E-state index in [1.54, 1.807) is 12.2 Å². The molecule has 0 aliphatic heterocycles. The number of carbonyl (C=O) groups excluding carboxylic acids is 1. The topological polar surface area (TPSA) is 69.4 Å². The van der Waals surface area contributed by atoms with Gasteiger partial charge in [0.05, 0.1) is 7.11 Å². The summed E-state index contributed by atoms with van der Waals surface area (Å²) >= 11 is 0. The third-order valence-electron chi connectivity index (χ3n) is 3.60. The van der Waals surface area contributed by atoms with Crippen molar-refractivity contribution in [1.29, 1.82) is 0 Å². The molecule has 0 rings (SSSR count). The summed E-state index contributed by atoms with van der Waals surface area (Å²) in [5, 5.41) is 11.0. The molecule has 5 nitrogen and oxygen atoms in total. The first-order valence-electron chi connectivity index (χ1n) is 8.80. The lowest BCUT2D eigenvalue weighted by molar-refractivity contribution is -0.508. The van der Waals surface area contributed by atoms with Crippen LogP contribution in [0.3, 0.4) is 0 Å². The van der Waals surface area contributed by atoms with Gasteiger partial charge in [-0.1, -0.05) is 50.1 Å². The summed E-state index contributed by atoms with van der Waals surface area (Å²) in [5.74, 6) is -0.185. The molecule has 0 aromatic heterocycles. The van der Waals surface area contributed by atoms with Gasteiger partial charge in [-0.15, -0.1) is 0 Å². The van der Waals surface area contributed by atoms with E-state index < -0.39 is 6.04 Å². The molecule has 0 heterocycles. The van der Waals surface area contributed by atoms with Crippen molar-refractivity contribution in [3.8, 4) is 0 Å². The quantitative estimate of drug-likeness (QED) is 0.112. The number of esters is 1. The van der Waals surface area contributed by atoms with E-state index in [1.807, 2.05) is 24.3 Å². The van der Waals surface area contributed by atoms with Crippen molar-refractivity contribution in [2.45, 2.75) is 70.8 Å². The monoisotopic (exact) mass is 337 g/mol. The highest BCUT2D eigenvalue weighted by Gasteiger charge is 2.12. The fraction of sp³-hybridized carbons (Fsp3) is 0.632. The SMILES string of the molecule is CCCCC/C=C\CC(/C=C/C=CCCCCC(=O)OC)[N+](=O)[O-]. The van der Waals surface area contributed by atoms with Crippen LogP contribution in [0.2, 0.25) is 0 Å². The van der Waals surface area contributed by atoms with Crippen molar-refractivity contribution in [3.63, 3.8) is 0 Å². The number of nitro groups is 1. The summed E-state index contributed by atoms with van der Waals surface area (Å²) in [7, 11) is 1.39. The highest BCUT2D eigenvalue weighted by atomic mass is 16.6. The first-order valence-corrected chi connectivity index (χ1v) is 8.80. The van der Waals surface area contributed by atoms with Crippen LogP contribution < -0.4 is 0 Å². The van der Waals surface area contributed by atoms with Gasteiger partial charge in [-0.05, 0) is 38.2 Å². The second-order valence-corrected chi connectivity index (χ2v) is 5.69. The van der Waals surface area contributed by atoms with Crippen LogP contribution in [0.4, 0.5) is 0 Å². The highest BCUT2D eigenvalue weighted by Crippen LogP contribution is 2.05. The van der Waals surface area contributed by atoms with E-state index in [1.165, 1.54) is 20.0 Å². The highest BCUT2D eigenvalue weighted by molar-refractivity contribution is 5.68. The number of hydrogen-bond acceptors (Lipinski definition) is 4. The fourth-order valence-electron chi connectivity index (χ4n) is 2.10. The molecular formula is C19H31NO4. The Labute approximate surface area is 145 Å². The number of nitrogens with zero attached hydrogens (tertiary/aromatic N) is 1. The Morgan fingerprint density at radius 1 is 1.08 bits per heavy atom. The van der Waals surface area contributed by atoms with Crippen molar-refractivity contribution < 1.29 is 14.5 Å². The summed E-state index contributed by atoms with van der Waals surface area (Å²) in [6, 6.07) is -0.670. The standard InChI is InChI=1S/C19H31NO4/c1-3-4-5-6-9-12-15-18(20(22)23)16-13-10-7-8-11-14-17-19(21)24-2/h7,9-10,12-13,16,18H,3-6,8,11,14-15,17H2,1-2H3/b10-7?,12-9-,16-13+. The van der Waals surface area contributed by atoms with Crippen molar-refractivity contribution >= 4 is 5.97 Å². The number of ether oxygens (including phenoxy) is 1. The largest absolute Gasteiger partial charge is 0.469 e. The molecule has 136 valence electrons.